The number of phenolic OH excluding ortho intramolecular Hbond substituents is 1. The SMILES string of the molecule is CCOc1cc(C2NC(=S)NC(C)=C2C(=O)Nc2cccc(Cl)c2)cc(I)c1O. The summed E-state index contributed by atoms with van der Waals surface area (Å²) in [7, 11) is 0. The van der Waals surface area contributed by atoms with Crippen molar-refractivity contribution in [2.24, 2.45) is 0 Å². The Morgan fingerprint density at radius 1 is 1.38 bits per heavy atom. The number of nitrogens with one attached hydrogen (secondary N) is 3. The van der Waals surface area contributed by atoms with Gasteiger partial charge in [0.25, 0.3) is 5.91 Å². The molecule has 152 valence electrons. The quantitative estimate of drug-likeness (QED) is 0.329. The zero-order valence-corrected chi connectivity index (χ0v) is 19.4. The lowest BCUT2D eigenvalue weighted by molar-refractivity contribution is -0.113. The summed E-state index contributed by atoms with van der Waals surface area (Å²) in [5.74, 6) is 0.129. The van der Waals surface area contributed by atoms with Crippen molar-refractivity contribution in [3.63, 3.8) is 0 Å². The maximum atomic E-state index is 13.1. The summed E-state index contributed by atoms with van der Waals surface area (Å²) in [5.41, 5.74) is 2.45. The molecule has 0 saturated carbocycles. The fourth-order valence-electron chi connectivity index (χ4n) is 3.04. The molecule has 6 nitrogen and oxygen atoms in total. The van der Waals surface area contributed by atoms with Gasteiger partial charge < -0.3 is 25.8 Å². The molecule has 0 radical (unpaired) electrons. The molecule has 1 unspecified atom stereocenters. The first-order chi connectivity index (χ1) is 13.8. The molecule has 0 fully saturated rings. The Morgan fingerprint density at radius 3 is 2.83 bits per heavy atom. The number of hydrogen-bond donors (Lipinski definition) is 4. The van der Waals surface area contributed by atoms with Crippen molar-refractivity contribution in [3.05, 3.63) is 61.8 Å². The second-order valence-corrected chi connectivity index (χ2v) is 8.32. The monoisotopic (exact) mass is 543 g/mol. The number of carbonyl (C=O) groups excluding carboxylic acids is 1. The highest BCUT2D eigenvalue weighted by Crippen LogP contribution is 2.37. The molecule has 2 aromatic carbocycles. The molecule has 1 atom stereocenters. The van der Waals surface area contributed by atoms with Crippen LogP contribution in [0.15, 0.2) is 47.7 Å². The third-order valence-corrected chi connectivity index (χ3v) is 5.56. The molecular weight excluding hydrogens is 525 g/mol. The van der Waals surface area contributed by atoms with Crippen LogP contribution in [0.3, 0.4) is 0 Å². The van der Waals surface area contributed by atoms with Gasteiger partial charge in [0.05, 0.1) is 21.8 Å². The van der Waals surface area contributed by atoms with Gasteiger partial charge in [0.1, 0.15) is 0 Å². The smallest absolute Gasteiger partial charge is 0.255 e. The molecule has 2 aromatic rings. The molecule has 29 heavy (non-hydrogen) atoms. The van der Waals surface area contributed by atoms with Crippen LogP contribution in [0.25, 0.3) is 0 Å². The molecule has 9 heteroatoms. The van der Waals surface area contributed by atoms with Crippen LogP contribution in [0.4, 0.5) is 5.69 Å². The zero-order valence-electron chi connectivity index (χ0n) is 15.7. The van der Waals surface area contributed by atoms with Crippen molar-refractivity contribution >= 4 is 63.1 Å². The van der Waals surface area contributed by atoms with Crippen LogP contribution in [0.2, 0.25) is 5.02 Å². The number of carbonyl (C=O) groups is 1. The second-order valence-electron chi connectivity index (χ2n) is 6.32. The third-order valence-electron chi connectivity index (χ3n) is 4.28. The minimum Gasteiger partial charge on any atom is -0.504 e. The van der Waals surface area contributed by atoms with Gasteiger partial charge in [-0.2, -0.15) is 0 Å². The second kappa shape index (κ2) is 9.19. The number of phenols is 1. The fourth-order valence-corrected chi connectivity index (χ4v) is 4.12. The molecule has 0 spiro atoms. The van der Waals surface area contributed by atoms with Crippen LogP contribution < -0.4 is 20.7 Å². The van der Waals surface area contributed by atoms with E-state index in [1.54, 1.807) is 43.3 Å². The molecule has 1 aliphatic heterocycles. The van der Waals surface area contributed by atoms with Crippen molar-refractivity contribution < 1.29 is 14.6 Å². The first kappa shape index (κ1) is 21.7. The number of aromatic hydroxyl groups is 1. The van der Waals surface area contributed by atoms with E-state index in [0.717, 1.165) is 5.56 Å². The number of thiocarbonyl (C=S) groups is 1. The van der Waals surface area contributed by atoms with E-state index in [0.29, 0.717) is 43.0 Å². The summed E-state index contributed by atoms with van der Waals surface area (Å²) in [4.78, 5) is 13.1. The molecule has 0 bridgehead atoms. The van der Waals surface area contributed by atoms with Gasteiger partial charge in [-0.15, -0.1) is 0 Å². The summed E-state index contributed by atoms with van der Waals surface area (Å²) in [6.07, 6.45) is 0. The highest BCUT2D eigenvalue weighted by molar-refractivity contribution is 14.1. The van der Waals surface area contributed by atoms with Gasteiger partial charge >= 0.3 is 0 Å². The minimum absolute atomic E-state index is 0.0679. The van der Waals surface area contributed by atoms with E-state index in [9.17, 15) is 9.90 Å². The number of halogens is 2. The van der Waals surface area contributed by atoms with Crippen molar-refractivity contribution in [3.8, 4) is 11.5 Å². The summed E-state index contributed by atoms with van der Waals surface area (Å²) < 4.78 is 6.16. The lowest BCUT2D eigenvalue weighted by atomic mass is 9.94. The van der Waals surface area contributed by atoms with Crippen molar-refractivity contribution in [2.75, 3.05) is 11.9 Å². The van der Waals surface area contributed by atoms with Crippen molar-refractivity contribution in [1.29, 1.82) is 0 Å². The maximum Gasteiger partial charge on any atom is 0.255 e. The van der Waals surface area contributed by atoms with E-state index < -0.39 is 6.04 Å². The molecule has 0 aliphatic carbocycles. The molecule has 3 rings (SSSR count). The van der Waals surface area contributed by atoms with Crippen LogP contribution in [0, 0.1) is 3.57 Å². The Labute approximate surface area is 192 Å². The van der Waals surface area contributed by atoms with Crippen LogP contribution in [-0.4, -0.2) is 22.7 Å². The summed E-state index contributed by atoms with van der Waals surface area (Å²) in [6, 6.07) is 9.93. The Morgan fingerprint density at radius 2 is 2.14 bits per heavy atom. The average molecular weight is 544 g/mol. The molecule has 1 aliphatic rings. The van der Waals surface area contributed by atoms with Gasteiger partial charge in [0.15, 0.2) is 16.6 Å². The van der Waals surface area contributed by atoms with Gasteiger partial charge in [-0.3, -0.25) is 4.79 Å². The average Bonchev–Trinajstić information content (AvgIpc) is 2.64. The van der Waals surface area contributed by atoms with Gasteiger partial charge in [0, 0.05) is 16.4 Å². The molecule has 4 N–H and O–H groups in total. The molecular formula is C20H19ClIN3O3S. The molecule has 1 amide bonds. The Hall–Kier alpha value is -2.04. The van der Waals surface area contributed by atoms with E-state index in [4.69, 9.17) is 28.6 Å². The predicted molar refractivity (Wildman–Crippen MR) is 126 cm³/mol. The molecule has 0 saturated heterocycles. The highest BCUT2D eigenvalue weighted by atomic mass is 127. The number of ether oxygens (including phenoxy) is 1. The van der Waals surface area contributed by atoms with Gasteiger partial charge in [0.2, 0.25) is 0 Å². The van der Waals surface area contributed by atoms with Crippen molar-refractivity contribution in [2.45, 2.75) is 19.9 Å². The zero-order chi connectivity index (χ0) is 21.1. The lowest BCUT2D eigenvalue weighted by Crippen LogP contribution is -2.45. The number of anilines is 1. The Balaban J connectivity index is 2.01. The third kappa shape index (κ3) is 4.93. The predicted octanol–water partition coefficient (Wildman–Crippen LogP) is 4.48. The lowest BCUT2D eigenvalue weighted by Gasteiger charge is -2.30. The van der Waals surface area contributed by atoms with Crippen LogP contribution in [-0.2, 0) is 4.79 Å². The fraction of sp³-hybridized carbons (Fsp3) is 0.200. The van der Waals surface area contributed by atoms with Crippen molar-refractivity contribution in [1.82, 2.24) is 10.6 Å². The summed E-state index contributed by atoms with van der Waals surface area (Å²) >= 11 is 13.4. The van der Waals surface area contributed by atoms with Crippen LogP contribution in [0.5, 0.6) is 11.5 Å². The largest absolute Gasteiger partial charge is 0.504 e. The topological polar surface area (TPSA) is 82.6 Å². The number of hydrogen-bond acceptors (Lipinski definition) is 4. The van der Waals surface area contributed by atoms with Gasteiger partial charge in [-0.1, -0.05) is 17.7 Å². The highest BCUT2D eigenvalue weighted by Gasteiger charge is 2.31. The molecule has 1 heterocycles. The van der Waals surface area contributed by atoms with E-state index >= 15 is 0 Å². The normalized spacial score (nSPS) is 16.1. The Kier molecular flexibility index (Phi) is 6.86. The number of allylic oxidation sites excluding steroid dienone is 1. The molecule has 0 aromatic heterocycles. The number of amides is 1. The first-order valence-corrected chi connectivity index (χ1v) is 10.7. The van der Waals surface area contributed by atoms with Crippen LogP contribution in [0.1, 0.15) is 25.5 Å². The number of benzene rings is 2. The standard InChI is InChI=1S/C20H19ClIN3O3S/c1-3-28-15-8-11(7-14(22)18(15)26)17-16(10(2)23-20(29)25-17)19(27)24-13-6-4-5-12(21)9-13/h4-9,17,26H,3H2,1-2H3,(H,24,27)(H2,23,25,29). The summed E-state index contributed by atoms with van der Waals surface area (Å²) in [6.45, 7) is 4.04. The van der Waals surface area contributed by atoms with E-state index in [1.165, 1.54) is 0 Å². The van der Waals surface area contributed by atoms with Crippen LogP contribution >= 0.6 is 46.4 Å². The maximum absolute atomic E-state index is 13.1. The van der Waals surface area contributed by atoms with Gasteiger partial charge in [-0.05, 0) is 84.6 Å². The van der Waals surface area contributed by atoms with E-state index in [-0.39, 0.29) is 11.7 Å². The van der Waals surface area contributed by atoms with E-state index in [1.807, 2.05) is 29.5 Å². The van der Waals surface area contributed by atoms with Gasteiger partial charge in [-0.25, -0.2) is 0 Å². The number of rotatable bonds is 5. The first-order valence-electron chi connectivity index (χ1n) is 8.80. The van der Waals surface area contributed by atoms with E-state index in [2.05, 4.69) is 16.0 Å². The Bertz CT molecular complexity index is 1010. The summed E-state index contributed by atoms with van der Waals surface area (Å²) in [5, 5.41) is 20.2. The minimum atomic E-state index is -0.517.